The van der Waals surface area contributed by atoms with Crippen LogP contribution in [0.1, 0.15) is 50.8 Å². The van der Waals surface area contributed by atoms with Crippen LogP contribution in [0.25, 0.3) is 6.08 Å². The maximum Gasteiger partial charge on any atom is 0.417 e. The number of nitrogens with zero attached hydrogens (tertiary/aromatic N) is 2. The number of pyridine rings is 1. The van der Waals surface area contributed by atoms with E-state index in [0.29, 0.717) is 5.88 Å². The van der Waals surface area contributed by atoms with Crippen molar-refractivity contribution < 1.29 is 19.1 Å². The smallest absolute Gasteiger partial charge is 0.417 e. The second-order valence-electron chi connectivity index (χ2n) is 7.22. The average molecular weight is 423 g/mol. The summed E-state index contributed by atoms with van der Waals surface area (Å²) in [4.78, 5) is 29.8. The number of unbranched alkanes of at least 4 members (excludes halogenated alkanes) is 1. The van der Waals surface area contributed by atoms with Crippen LogP contribution >= 0.6 is 0 Å². The molecule has 164 valence electrons. The summed E-state index contributed by atoms with van der Waals surface area (Å²) in [6.07, 6.45) is 8.29. The van der Waals surface area contributed by atoms with Gasteiger partial charge in [0, 0.05) is 18.3 Å². The average Bonchev–Trinajstić information content (AvgIpc) is 3.16. The molecule has 2 amide bonds. The normalized spacial score (nSPS) is 15.4. The molecule has 6 nitrogen and oxygen atoms in total. The van der Waals surface area contributed by atoms with Crippen molar-refractivity contribution in [2.75, 3.05) is 6.61 Å². The number of carbonyl (C=O) groups excluding carboxylic acids is 2. The molecule has 1 saturated heterocycles. The van der Waals surface area contributed by atoms with Crippen LogP contribution in [-0.2, 0) is 9.53 Å². The summed E-state index contributed by atoms with van der Waals surface area (Å²) in [5.74, 6) is 0.0969. The number of rotatable bonds is 7. The summed E-state index contributed by atoms with van der Waals surface area (Å²) in [6, 6.07) is 12.5. The molecule has 0 radical (unpaired) electrons. The molecule has 31 heavy (non-hydrogen) atoms. The molecule has 1 atom stereocenters. The van der Waals surface area contributed by atoms with E-state index in [2.05, 4.69) is 18.5 Å². The molecular formula is C25H30N2O4. The number of hydrogen-bond acceptors (Lipinski definition) is 5. The van der Waals surface area contributed by atoms with Crippen LogP contribution in [0.4, 0.5) is 4.79 Å². The summed E-state index contributed by atoms with van der Waals surface area (Å²) >= 11 is 0. The SMILES string of the molecule is C=CCCC.CC(C)Oc1ccc(/C=C/C(=O)N2C(=O)OC[C@H]2c2ccccc2)cn1. The number of carbonyl (C=O) groups is 2. The minimum atomic E-state index is -0.632. The summed E-state index contributed by atoms with van der Waals surface area (Å²) in [6.45, 7) is 9.70. The number of hydrogen-bond donors (Lipinski definition) is 0. The molecule has 1 aliphatic heterocycles. The molecule has 2 heterocycles. The molecule has 0 saturated carbocycles. The molecule has 6 heteroatoms. The predicted octanol–water partition coefficient (Wildman–Crippen LogP) is 5.57. The van der Waals surface area contributed by atoms with Gasteiger partial charge in [-0.25, -0.2) is 14.7 Å². The first kappa shape index (κ1) is 23.9. The van der Waals surface area contributed by atoms with Crippen molar-refractivity contribution >= 4 is 18.1 Å². The summed E-state index contributed by atoms with van der Waals surface area (Å²) in [5, 5.41) is 0. The van der Waals surface area contributed by atoms with E-state index in [4.69, 9.17) is 9.47 Å². The lowest BCUT2D eigenvalue weighted by Crippen LogP contribution is -2.32. The lowest BCUT2D eigenvalue weighted by molar-refractivity contribution is -0.124. The Morgan fingerprint density at radius 1 is 1.29 bits per heavy atom. The number of aromatic nitrogens is 1. The molecular weight excluding hydrogens is 392 g/mol. The maximum absolute atomic E-state index is 12.5. The highest BCUT2D eigenvalue weighted by Crippen LogP contribution is 2.28. The number of cyclic esters (lactones) is 1. The number of benzene rings is 1. The number of amides is 2. The van der Waals surface area contributed by atoms with E-state index >= 15 is 0 Å². The van der Waals surface area contributed by atoms with Crippen LogP contribution in [0.5, 0.6) is 5.88 Å². The third-order valence-corrected chi connectivity index (χ3v) is 4.32. The van der Waals surface area contributed by atoms with Crippen LogP contribution in [0, 0.1) is 0 Å². The minimum absolute atomic E-state index is 0.0431. The standard InChI is InChI=1S/C20H20N2O4.C5H10/c1-14(2)26-18-10-8-15(12-21-18)9-11-19(23)22-17(13-25-20(22)24)16-6-4-3-5-7-16;1-3-5-4-2/h3-12,14,17H,13H2,1-2H3;3H,1,4-5H2,2H3/b11-9+;/t17-;/m0./s1. The fraction of sp³-hybridized carbons (Fsp3) is 0.320. The lowest BCUT2D eigenvalue weighted by atomic mass is 10.1. The third-order valence-electron chi connectivity index (χ3n) is 4.32. The topological polar surface area (TPSA) is 68.7 Å². The van der Waals surface area contributed by atoms with E-state index in [0.717, 1.165) is 22.4 Å². The van der Waals surface area contributed by atoms with Gasteiger partial charge in [0.05, 0.1) is 6.10 Å². The Kier molecular flexibility index (Phi) is 9.49. The fourth-order valence-corrected chi connectivity index (χ4v) is 2.84. The van der Waals surface area contributed by atoms with Gasteiger partial charge in [0.15, 0.2) is 0 Å². The molecule has 0 N–H and O–H groups in total. The molecule has 1 aromatic heterocycles. The van der Waals surface area contributed by atoms with Crippen LogP contribution < -0.4 is 4.74 Å². The van der Waals surface area contributed by atoms with Gasteiger partial charge in [0.2, 0.25) is 5.88 Å². The fourth-order valence-electron chi connectivity index (χ4n) is 2.84. The molecule has 3 rings (SSSR count). The van der Waals surface area contributed by atoms with Gasteiger partial charge in [-0.2, -0.15) is 0 Å². The van der Waals surface area contributed by atoms with Crippen molar-refractivity contribution in [1.82, 2.24) is 9.88 Å². The molecule has 0 unspecified atom stereocenters. The molecule has 1 aromatic carbocycles. The van der Waals surface area contributed by atoms with Gasteiger partial charge in [-0.05, 0) is 43.5 Å². The van der Waals surface area contributed by atoms with E-state index in [1.807, 2.05) is 50.3 Å². The maximum atomic E-state index is 12.5. The van der Waals surface area contributed by atoms with E-state index in [9.17, 15) is 9.59 Å². The van der Waals surface area contributed by atoms with Crippen molar-refractivity contribution in [3.63, 3.8) is 0 Å². The number of ether oxygens (including phenoxy) is 2. The number of imide groups is 1. The van der Waals surface area contributed by atoms with Crippen LogP contribution in [0.2, 0.25) is 0 Å². The lowest BCUT2D eigenvalue weighted by Gasteiger charge is -2.18. The summed E-state index contributed by atoms with van der Waals surface area (Å²) in [7, 11) is 0. The molecule has 2 aromatic rings. The van der Waals surface area contributed by atoms with Gasteiger partial charge in [0.1, 0.15) is 12.6 Å². The van der Waals surface area contributed by atoms with Gasteiger partial charge in [-0.3, -0.25) is 4.79 Å². The van der Waals surface area contributed by atoms with E-state index in [1.54, 1.807) is 24.4 Å². The Bertz CT molecular complexity index is 876. The number of allylic oxidation sites excluding steroid dienone is 1. The molecule has 1 fully saturated rings. The zero-order valence-electron chi connectivity index (χ0n) is 18.4. The zero-order valence-corrected chi connectivity index (χ0v) is 18.4. The van der Waals surface area contributed by atoms with Crippen molar-refractivity contribution in [2.45, 2.75) is 45.8 Å². The summed E-state index contributed by atoms with van der Waals surface area (Å²) < 4.78 is 10.5. The third kappa shape index (κ3) is 7.41. The minimum Gasteiger partial charge on any atom is -0.475 e. The van der Waals surface area contributed by atoms with Crippen molar-refractivity contribution in [3.8, 4) is 5.88 Å². The zero-order chi connectivity index (χ0) is 22.6. The first-order valence-electron chi connectivity index (χ1n) is 10.4. The molecule has 0 aliphatic carbocycles. The Hall–Kier alpha value is -3.41. The van der Waals surface area contributed by atoms with Gasteiger partial charge >= 0.3 is 6.09 Å². The van der Waals surface area contributed by atoms with Crippen LogP contribution in [0.15, 0.2) is 67.4 Å². The van der Waals surface area contributed by atoms with Gasteiger partial charge in [-0.15, -0.1) is 6.58 Å². The monoisotopic (exact) mass is 422 g/mol. The van der Waals surface area contributed by atoms with E-state index in [-0.39, 0.29) is 12.7 Å². The van der Waals surface area contributed by atoms with E-state index in [1.165, 1.54) is 12.5 Å². The molecule has 0 bridgehead atoms. The van der Waals surface area contributed by atoms with Crippen molar-refractivity contribution in [2.24, 2.45) is 0 Å². The van der Waals surface area contributed by atoms with Crippen molar-refractivity contribution in [3.05, 3.63) is 78.5 Å². The molecule has 1 aliphatic rings. The highest BCUT2D eigenvalue weighted by Gasteiger charge is 2.37. The highest BCUT2D eigenvalue weighted by atomic mass is 16.6. The van der Waals surface area contributed by atoms with Crippen LogP contribution in [-0.4, -0.2) is 34.6 Å². The quantitative estimate of drug-likeness (QED) is 0.431. The van der Waals surface area contributed by atoms with Gasteiger partial charge in [0.25, 0.3) is 5.91 Å². The Morgan fingerprint density at radius 3 is 2.58 bits per heavy atom. The first-order valence-corrected chi connectivity index (χ1v) is 10.4. The van der Waals surface area contributed by atoms with Gasteiger partial charge in [-0.1, -0.05) is 49.8 Å². The Labute approximate surface area is 184 Å². The predicted molar refractivity (Wildman–Crippen MR) is 122 cm³/mol. The summed E-state index contributed by atoms with van der Waals surface area (Å²) in [5.41, 5.74) is 1.59. The van der Waals surface area contributed by atoms with Gasteiger partial charge < -0.3 is 9.47 Å². The van der Waals surface area contributed by atoms with Crippen LogP contribution in [0.3, 0.4) is 0 Å². The van der Waals surface area contributed by atoms with E-state index < -0.39 is 18.0 Å². The Balaban J connectivity index is 0.000000614. The first-order chi connectivity index (χ1) is 15.0. The second-order valence-corrected chi connectivity index (χ2v) is 7.22. The Morgan fingerprint density at radius 2 is 2.03 bits per heavy atom. The highest BCUT2D eigenvalue weighted by molar-refractivity contribution is 6.02. The second kappa shape index (κ2) is 12.3. The molecule has 0 spiro atoms. The largest absolute Gasteiger partial charge is 0.475 e. The van der Waals surface area contributed by atoms with Crippen molar-refractivity contribution in [1.29, 1.82) is 0 Å².